The number of carbonyl (C=O) groups is 2. The number of alkyl halides is 3. The molecule has 1 aliphatic heterocycles. The minimum Gasteiger partial charge on any atom is -0.480 e. The highest BCUT2D eigenvalue weighted by Crippen LogP contribution is 2.29. The van der Waals surface area contributed by atoms with Gasteiger partial charge in [-0.15, -0.1) is 0 Å². The van der Waals surface area contributed by atoms with Gasteiger partial charge in [0.15, 0.2) is 5.69 Å². The van der Waals surface area contributed by atoms with E-state index >= 15 is 0 Å². The molecule has 0 bridgehead atoms. The Balaban J connectivity index is 1.74. The summed E-state index contributed by atoms with van der Waals surface area (Å²) in [6, 6.07) is 4.61. The second-order valence-corrected chi connectivity index (χ2v) is 9.54. The number of carboxylic acids is 1. The van der Waals surface area contributed by atoms with E-state index in [0.29, 0.717) is 23.6 Å². The molecular weight excluding hydrogens is 481 g/mol. The van der Waals surface area contributed by atoms with Crippen LogP contribution in [0.1, 0.15) is 25.0 Å². The summed E-state index contributed by atoms with van der Waals surface area (Å²) in [6.45, 7) is -0.324. The molecule has 1 N–H and O–H groups in total. The predicted octanol–water partition coefficient (Wildman–Crippen LogP) is 2.65. The molecule has 1 unspecified atom stereocenters. The third kappa shape index (κ3) is 5.74. The zero-order valence-electron chi connectivity index (χ0n) is 18.1. The van der Waals surface area contributed by atoms with Crippen LogP contribution in [-0.2, 0) is 25.7 Å². The van der Waals surface area contributed by atoms with Crippen molar-refractivity contribution in [1.29, 1.82) is 0 Å². The molecule has 0 radical (unpaired) electrons. The molecule has 34 heavy (non-hydrogen) atoms. The quantitative estimate of drug-likeness (QED) is 0.615. The molecule has 1 atom stereocenters. The molecular formula is C20H23F3N4O6S. The Kier molecular flexibility index (Phi) is 7.63. The third-order valence-corrected chi connectivity index (χ3v) is 7.27. The summed E-state index contributed by atoms with van der Waals surface area (Å²) in [7, 11) is -2.61. The number of hydrogen-bond donors (Lipinski definition) is 1. The van der Waals surface area contributed by atoms with Gasteiger partial charge in [0.2, 0.25) is 10.0 Å². The zero-order valence-corrected chi connectivity index (χ0v) is 18.9. The Morgan fingerprint density at radius 1 is 1.21 bits per heavy atom. The van der Waals surface area contributed by atoms with Gasteiger partial charge in [0.25, 0.3) is 0 Å². The van der Waals surface area contributed by atoms with Crippen LogP contribution in [0.4, 0.5) is 23.7 Å². The molecule has 2 aromatic rings. The lowest BCUT2D eigenvalue weighted by Gasteiger charge is -2.34. The number of benzene rings is 1. The highest BCUT2D eigenvalue weighted by atomic mass is 32.2. The fourth-order valence-electron chi connectivity index (χ4n) is 3.56. The van der Waals surface area contributed by atoms with Crippen LogP contribution in [-0.4, -0.2) is 72.5 Å². The van der Waals surface area contributed by atoms with E-state index in [2.05, 4.69) is 5.10 Å². The molecule has 3 rings (SSSR count). The maximum atomic E-state index is 13.2. The molecule has 1 aliphatic rings. The minimum absolute atomic E-state index is 0.0410. The zero-order chi connectivity index (χ0) is 25.1. The summed E-state index contributed by atoms with van der Waals surface area (Å²) in [4.78, 5) is 24.1. The van der Waals surface area contributed by atoms with Crippen molar-refractivity contribution in [1.82, 2.24) is 14.1 Å². The summed E-state index contributed by atoms with van der Waals surface area (Å²) in [5.41, 5.74) is -0.966. The normalized spacial score (nSPS) is 17.5. The van der Waals surface area contributed by atoms with Crippen LogP contribution in [0.2, 0.25) is 0 Å². The second-order valence-electron chi connectivity index (χ2n) is 7.65. The Bertz CT molecular complexity index is 1130. The first-order valence-electron chi connectivity index (χ1n) is 10.2. The van der Waals surface area contributed by atoms with Crippen LogP contribution in [0.5, 0.6) is 0 Å². The molecule has 1 aromatic carbocycles. The van der Waals surface area contributed by atoms with E-state index in [9.17, 15) is 31.2 Å². The number of sulfonamides is 1. The fourth-order valence-corrected chi connectivity index (χ4v) is 5.24. The van der Waals surface area contributed by atoms with Gasteiger partial charge in [0, 0.05) is 31.5 Å². The van der Waals surface area contributed by atoms with Gasteiger partial charge < -0.3 is 9.84 Å². The Hall–Kier alpha value is -2.97. The number of amides is 1. The molecule has 10 nitrogen and oxygen atoms in total. The van der Waals surface area contributed by atoms with Crippen molar-refractivity contribution in [2.24, 2.45) is 0 Å². The Morgan fingerprint density at radius 3 is 2.47 bits per heavy atom. The Morgan fingerprint density at radius 2 is 1.88 bits per heavy atom. The molecule has 0 aliphatic carbocycles. The van der Waals surface area contributed by atoms with E-state index in [1.54, 1.807) is 0 Å². The number of nitrogens with zero attached hydrogens (tertiary/aromatic N) is 4. The fraction of sp³-hybridized carbons (Fsp3) is 0.450. The van der Waals surface area contributed by atoms with Crippen LogP contribution in [0.15, 0.2) is 41.4 Å². The van der Waals surface area contributed by atoms with Gasteiger partial charge in [-0.1, -0.05) is 6.42 Å². The number of carboxylic acid groups (broad SMARTS) is 1. The number of aromatic nitrogens is 2. The lowest BCUT2D eigenvalue weighted by atomic mass is 10.1. The monoisotopic (exact) mass is 504 g/mol. The van der Waals surface area contributed by atoms with Gasteiger partial charge in [-0.05, 0) is 43.2 Å². The smallest absolute Gasteiger partial charge is 0.435 e. The standard InChI is InChI=1S/C20H23F3N4O6S/c1-25(19(30)26-11-9-17(24-26)20(21,22)23)14-5-7-16(8-6-14)34(31,32)27-10-3-2-4-15(27)12-33-13-18(28)29/h5-9,11,15H,2-4,10,12-13H2,1H3,(H,28,29). The maximum absolute atomic E-state index is 13.2. The van der Waals surface area contributed by atoms with Crippen molar-refractivity contribution >= 4 is 27.7 Å². The number of anilines is 1. The molecule has 14 heteroatoms. The van der Waals surface area contributed by atoms with Gasteiger partial charge in [-0.3, -0.25) is 4.90 Å². The third-order valence-electron chi connectivity index (χ3n) is 5.30. The molecule has 0 spiro atoms. The molecule has 186 valence electrons. The molecule has 1 fully saturated rings. The van der Waals surface area contributed by atoms with Crippen molar-refractivity contribution < 1.29 is 41.0 Å². The maximum Gasteiger partial charge on any atom is 0.435 e. The number of halogens is 3. The van der Waals surface area contributed by atoms with Crippen LogP contribution in [0.25, 0.3) is 0 Å². The molecule has 2 heterocycles. The summed E-state index contributed by atoms with van der Waals surface area (Å²) in [6.07, 6.45) is -1.84. The van der Waals surface area contributed by atoms with Crippen molar-refractivity contribution in [2.75, 3.05) is 31.7 Å². The summed E-state index contributed by atoms with van der Waals surface area (Å²) >= 11 is 0. The van der Waals surface area contributed by atoms with E-state index in [-0.39, 0.29) is 23.7 Å². The lowest BCUT2D eigenvalue weighted by Crippen LogP contribution is -2.46. The minimum atomic E-state index is -4.69. The van der Waals surface area contributed by atoms with E-state index < -0.39 is 46.5 Å². The first kappa shape index (κ1) is 25.6. The summed E-state index contributed by atoms with van der Waals surface area (Å²) in [5.74, 6) is -1.15. The Labute approximate surface area is 193 Å². The van der Waals surface area contributed by atoms with Crippen LogP contribution >= 0.6 is 0 Å². The van der Waals surface area contributed by atoms with Crippen molar-refractivity contribution in [3.8, 4) is 0 Å². The summed E-state index contributed by atoms with van der Waals surface area (Å²) < 4.78 is 71.5. The number of ether oxygens (including phenoxy) is 1. The molecule has 1 amide bonds. The van der Waals surface area contributed by atoms with Crippen molar-refractivity contribution in [3.63, 3.8) is 0 Å². The van der Waals surface area contributed by atoms with Gasteiger partial charge in [0.05, 0.1) is 11.5 Å². The first-order chi connectivity index (χ1) is 15.9. The van der Waals surface area contributed by atoms with E-state index in [1.807, 2.05) is 0 Å². The SMILES string of the molecule is CN(C(=O)n1ccc(C(F)(F)F)n1)c1ccc(S(=O)(=O)N2CCCCC2COCC(=O)O)cc1. The number of piperidine rings is 1. The average Bonchev–Trinajstić information content (AvgIpc) is 3.29. The first-order valence-corrected chi connectivity index (χ1v) is 11.7. The molecule has 1 aromatic heterocycles. The van der Waals surface area contributed by atoms with E-state index in [4.69, 9.17) is 9.84 Å². The number of carbonyl (C=O) groups excluding carboxylic acids is 1. The number of aliphatic carboxylic acids is 1. The average molecular weight is 504 g/mol. The van der Waals surface area contributed by atoms with E-state index in [0.717, 1.165) is 17.5 Å². The van der Waals surface area contributed by atoms with Gasteiger partial charge in [-0.2, -0.15) is 27.3 Å². The topological polar surface area (TPSA) is 122 Å². The molecule has 0 saturated carbocycles. The highest BCUT2D eigenvalue weighted by molar-refractivity contribution is 7.89. The van der Waals surface area contributed by atoms with Gasteiger partial charge >= 0.3 is 18.2 Å². The van der Waals surface area contributed by atoms with Crippen molar-refractivity contribution in [3.05, 3.63) is 42.2 Å². The van der Waals surface area contributed by atoms with Crippen LogP contribution < -0.4 is 4.90 Å². The number of rotatable bonds is 7. The van der Waals surface area contributed by atoms with E-state index in [1.165, 1.54) is 35.6 Å². The highest BCUT2D eigenvalue weighted by Gasteiger charge is 2.35. The van der Waals surface area contributed by atoms with Crippen LogP contribution in [0.3, 0.4) is 0 Å². The lowest BCUT2D eigenvalue weighted by molar-refractivity contribution is -0.143. The predicted molar refractivity (Wildman–Crippen MR) is 113 cm³/mol. The van der Waals surface area contributed by atoms with Gasteiger partial charge in [0.1, 0.15) is 6.61 Å². The van der Waals surface area contributed by atoms with Crippen LogP contribution in [0, 0.1) is 0 Å². The number of hydrogen-bond acceptors (Lipinski definition) is 6. The van der Waals surface area contributed by atoms with Gasteiger partial charge in [-0.25, -0.2) is 18.0 Å². The molecule has 1 saturated heterocycles. The summed E-state index contributed by atoms with van der Waals surface area (Å²) in [5, 5.41) is 12.0. The second kappa shape index (κ2) is 10.1. The largest absolute Gasteiger partial charge is 0.480 e. The van der Waals surface area contributed by atoms with Crippen molar-refractivity contribution in [2.45, 2.75) is 36.4 Å².